The minimum atomic E-state index is -0.00988. The second-order valence-corrected chi connectivity index (χ2v) is 5.99. The van der Waals surface area contributed by atoms with Crippen molar-refractivity contribution >= 4 is 11.7 Å². The lowest BCUT2D eigenvalue weighted by Crippen LogP contribution is -2.25. The lowest BCUT2D eigenvalue weighted by atomic mass is 9.93. The molecule has 1 N–H and O–H groups in total. The molecule has 110 valence electrons. The number of anilines is 1. The summed E-state index contributed by atoms with van der Waals surface area (Å²) < 4.78 is 0. The second-order valence-electron chi connectivity index (χ2n) is 5.99. The van der Waals surface area contributed by atoms with Crippen molar-refractivity contribution in [1.82, 2.24) is 9.88 Å². The van der Waals surface area contributed by atoms with Gasteiger partial charge in [-0.25, -0.2) is 4.98 Å². The number of hydrogen-bond donors (Lipinski definition) is 1. The average Bonchev–Trinajstić information content (AvgIpc) is 2.79. The number of carbonyl (C=O) groups excluding carboxylic acids is 1. The standard InChI is InChI=1S/C16H25N3O/c1-5-12-6-8-14(11(12)2)18-15-9-7-13(10-17-15)16(20)19(3)4/h7,9-12,14H,5-6,8H2,1-4H3,(H,17,18). The minimum Gasteiger partial charge on any atom is -0.367 e. The summed E-state index contributed by atoms with van der Waals surface area (Å²) in [6.07, 6.45) is 5.41. The fraction of sp³-hybridized carbons (Fsp3) is 0.625. The van der Waals surface area contributed by atoms with Gasteiger partial charge < -0.3 is 10.2 Å². The molecule has 4 nitrogen and oxygen atoms in total. The molecule has 3 unspecified atom stereocenters. The van der Waals surface area contributed by atoms with E-state index >= 15 is 0 Å². The summed E-state index contributed by atoms with van der Waals surface area (Å²) in [6.45, 7) is 4.59. The van der Waals surface area contributed by atoms with Crippen LogP contribution >= 0.6 is 0 Å². The normalized spacial score (nSPS) is 25.5. The maximum Gasteiger partial charge on any atom is 0.254 e. The van der Waals surface area contributed by atoms with Crippen LogP contribution in [-0.4, -0.2) is 35.9 Å². The highest BCUT2D eigenvalue weighted by Crippen LogP contribution is 2.35. The minimum absolute atomic E-state index is 0.00988. The van der Waals surface area contributed by atoms with Gasteiger partial charge in [-0.1, -0.05) is 20.3 Å². The fourth-order valence-electron chi connectivity index (χ4n) is 3.08. The van der Waals surface area contributed by atoms with E-state index in [1.165, 1.54) is 19.3 Å². The third-order valence-electron chi connectivity index (χ3n) is 4.50. The second kappa shape index (κ2) is 6.25. The molecule has 1 aliphatic rings. The van der Waals surface area contributed by atoms with Gasteiger partial charge in [0.1, 0.15) is 5.82 Å². The highest BCUT2D eigenvalue weighted by molar-refractivity contribution is 5.93. The Morgan fingerprint density at radius 2 is 2.15 bits per heavy atom. The van der Waals surface area contributed by atoms with Crippen LogP contribution in [0.1, 0.15) is 43.5 Å². The quantitative estimate of drug-likeness (QED) is 0.918. The smallest absolute Gasteiger partial charge is 0.254 e. The zero-order chi connectivity index (χ0) is 14.7. The van der Waals surface area contributed by atoms with E-state index in [0.717, 1.165) is 11.7 Å². The summed E-state index contributed by atoms with van der Waals surface area (Å²) in [5, 5.41) is 3.51. The van der Waals surface area contributed by atoms with E-state index < -0.39 is 0 Å². The van der Waals surface area contributed by atoms with Crippen LogP contribution in [0.15, 0.2) is 18.3 Å². The Morgan fingerprint density at radius 3 is 2.65 bits per heavy atom. The summed E-state index contributed by atoms with van der Waals surface area (Å²) in [6, 6.07) is 4.25. The van der Waals surface area contributed by atoms with Crippen LogP contribution in [0.2, 0.25) is 0 Å². The maximum atomic E-state index is 11.8. The number of aromatic nitrogens is 1. The Bertz CT molecular complexity index is 455. The van der Waals surface area contributed by atoms with E-state index in [-0.39, 0.29) is 5.91 Å². The summed E-state index contributed by atoms with van der Waals surface area (Å²) in [5.41, 5.74) is 0.631. The first-order valence-electron chi connectivity index (χ1n) is 7.47. The molecular weight excluding hydrogens is 250 g/mol. The highest BCUT2D eigenvalue weighted by Gasteiger charge is 2.31. The molecule has 1 saturated carbocycles. The first kappa shape index (κ1) is 14.8. The van der Waals surface area contributed by atoms with Crippen LogP contribution in [0.25, 0.3) is 0 Å². The molecule has 2 rings (SSSR count). The van der Waals surface area contributed by atoms with Gasteiger partial charge in [-0.05, 0) is 36.8 Å². The van der Waals surface area contributed by atoms with Gasteiger partial charge in [0.2, 0.25) is 0 Å². The van der Waals surface area contributed by atoms with E-state index in [1.54, 1.807) is 25.2 Å². The number of amides is 1. The summed E-state index contributed by atoms with van der Waals surface area (Å²) >= 11 is 0. The van der Waals surface area contributed by atoms with Gasteiger partial charge in [-0.3, -0.25) is 4.79 Å². The molecule has 20 heavy (non-hydrogen) atoms. The van der Waals surface area contributed by atoms with Crippen LogP contribution in [0.4, 0.5) is 5.82 Å². The molecule has 0 bridgehead atoms. The van der Waals surface area contributed by atoms with Crippen molar-refractivity contribution in [3.05, 3.63) is 23.9 Å². The largest absolute Gasteiger partial charge is 0.367 e. The van der Waals surface area contributed by atoms with Crippen LogP contribution in [0.5, 0.6) is 0 Å². The lowest BCUT2D eigenvalue weighted by molar-refractivity contribution is 0.0827. The van der Waals surface area contributed by atoms with Gasteiger partial charge in [-0.15, -0.1) is 0 Å². The van der Waals surface area contributed by atoms with Gasteiger partial charge in [-0.2, -0.15) is 0 Å². The fourth-order valence-corrected chi connectivity index (χ4v) is 3.08. The van der Waals surface area contributed by atoms with Crippen LogP contribution in [0, 0.1) is 11.8 Å². The lowest BCUT2D eigenvalue weighted by Gasteiger charge is -2.21. The molecule has 0 aromatic carbocycles. The molecular formula is C16H25N3O. The zero-order valence-electron chi connectivity index (χ0n) is 12.9. The molecule has 1 heterocycles. The molecule has 4 heteroatoms. The van der Waals surface area contributed by atoms with Gasteiger partial charge in [0.15, 0.2) is 0 Å². The van der Waals surface area contributed by atoms with Crippen molar-refractivity contribution in [2.24, 2.45) is 11.8 Å². The van der Waals surface area contributed by atoms with Crippen LogP contribution in [-0.2, 0) is 0 Å². The first-order valence-corrected chi connectivity index (χ1v) is 7.47. The Morgan fingerprint density at radius 1 is 1.40 bits per heavy atom. The van der Waals surface area contributed by atoms with E-state index in [0.29, 0.717) is 17.5 Å². The van der Waals surface area contributed by atoms with Gasteiger partial charge in [0.05, 0.1) is 5.56 Å². The maximum absolute atomic E-state index is 11.8. The van der Waals surface area contributed by atoms with Crippen LogP contribution < -0.4 is 5.32 Å². The third-order valence-corrected chi connectivity index (χ3v) is 4.50. The Hall–Kier alpha value is -1.58. The Labute approximate surface area is 121 Å². The molecule has 3 atom stereocenters. The summed E-state index contributed by atoms with van der Waals surface area (Å²) in [4.78, 5) is 17.7. The first-order chi connectivity index (χ1) is 9.52. The predicted octanol–water partition coefficient (Wildman–Crippen LogP) is 3.02. The van der Waals surface area contributed by atoms with Gasteiger partial charge in [0.25, 0.3) is 5.91 Å². The van der Waals surface area contributed by atoms with Crippen molar-refractivity contribution in [3.8, 4) is 0 Å². The van der Waals surface area contributed by atoms with E-state index in [9.17, 15) is 4.79 Å². The molecule has 0 spiro atoms. The molecule has 0 aliphatic heterocycles. The van der Waals surface area contributed by atoms with Crippen molar-refractivity contribution in [3.63, 3.8) is 0 Å². The predicted molar refractivity (Wildman–Crippen MR) is 81.8 cm³/mol. The van der Waals surface area contributed by atoms with Crippen molar-refractivity contribution < 1.29 is 4.79 Å². The summed E-state index contributed by atoms with van der Waals surface area (Å²) in [7, 11) is 3.50. The average molecular weight is 275 g/mol. The Balaban J connectivity index is 1.99. The summed E-state index contributed by atoms with van der Waals surface area (Å²) in [5.74, 6) is 2.37. The van der Waals surface area contributed by atoms with Crippen molar-refractivity contribution in [2.75, 3.05) is 19.4 Å². The SMILES string of the molecule is CCC1CCC(Nc2ccc(C(=O)N(C)C)cn2)C1C. The van der Waals surface area contributed by atoms with Gasteiger partial charge >= 0.3 is 0 Å². The number of rotatable bonds is 4. The molecule has 1 amide bonds. The number of pyridine rings is 1. The van der Waals surface area contributed by atoms with Gasteiger partial charge in [0, 0.05) is 26.3 Å². The number of nitrogens with zero attached hydrogens (tertiary/aromatic N) is 2. The molecule has 0 radical (unpaired) electrons. The molecule has 1 fully saturated rings. The van der Waals surface area contributed by atoms with Crippen molar-refractivity contribution in [1.29, 1.82) is 0 Å². The third kappa shape index (κ3) is 3.11. The molecule has 1 aromatic rings. The Kier molecular flexibility index (Phi) is 4.63. The van der Waals surface area contributed by atoms with E-state index in [4.69, 9.17) is 0 Å². The van der Waals surface area contributed by atoms with Crippen LogP contribution in [0.3, 0.4) is 0 Å². The zero-order valence-corrected chi connectivity index (χ0v) is 12.9. The highest BCUT2D eigenvalue weighted by atomic mass is 16.2. The molecule has 0 saturated heterocycles. The number of nitrogens with one attached hydrogen (secondary N) is 1. The van der Waals surface area contributed by atoms with Crippen molar-refractivity contribution in [2.45, 2.75) is 39.2 Å². The van der Waals surface area contributed by atoms with E-state index in [1.807, 2.05) is 12.1 Å². The number of hydrogen-bond acceptors (Lipinski definition) is 3. The number of carbonyl (C=O) groups is 1. The van der Waals surface area contributed by atoms with E-state index in [2.05, 4.69) is 24.1 Å². The molecule has 1 aliphatic carbocycles. The molecule has 1 aromatic heterocycles. The topological polar surface area (TPSA) is 45.2 Å². The monoisotopic (exact) mass is 275 g/mol.